The normalized spacial score (nSPS) is 13.5. The number of nitrogens with zero attached hydrogens (tertiary/aromatic N) is 4. The van der Waals surface area contributed by atoms with E-state index in [0.717, 1.165) is 18.4 Å². The fourth-order valence-corrected chi connectivity index (χ4v) is 3.13. The second-order valence-electron chi connectivity index (χ2n) is 7.10. The maximum Gasteiger partial charge on any atom is 0.387 e. The summed E-state index contributed by atoms with van der Waals surface area (Å²) in [6, 6.07) is 12.1. The number of ether oxygens (including phenoxy) is 2. The third-order valence-electron chi connectivity index (χ3n) is 4.68. The van der Waals surface area contributed by atoms with Crippen LogP contribution in [-0.2, 0) is 4.79 Å². The molecule has 166 valence electrons. The molecular weight excluding hydrogens is 420 g/mol. The van der Waals surface area contributed by atoms with Gasteiger partial charge in [-0.15, -0.1) is 5.10 Å². The first kappa shape index (κ1) is 21.4. The van der Waals surface area contributed by atoms with Crippen molar-refractivity contribution in [2.75, 3.05) is 11.9 Å². The number of amides is 1. The largest absolute Gasteiger partial charge is 0.490 e. The summed E-state index contributed by atoms with van der Waals surface area (Å²) in [6.45, 7) is -0.932. The van der Waals surface area contributed by atoms with Crippen LogP contribution in [0.4, 0.5) is 14.5 Å². The SMILES string of the molecule is CCOc1cc(/C=C/C(=O)Nc2cccc(-c3nnnn3C3CC3)c2)ccc1OC(F)F. The molecule has 8 nitrogen and oxygen atoms in total. The Morgan fingerprint density at radius 1 is 1.25 bits per heavy atom. The Hall–Kier alpha value is -3.82. The zero-order valence-corrected chi connectivity index (χ0v) is 17.2. The fourth-order valence-electron chi connectivity index (χ4n) is 3.13. The summed E-state index contributed by atoms with van der Waals surface area (Å²) in [5.74, 6) is 0.425. The number of carbonyl (C=O) groups excluding carboxylic acids is 1. The first-order valence-electron chi connectivity index (χ1n) is 10.1. The molecule has 0 unspecified atom stereocenters. The zero-order chi connectivity index (χ0) is 22.5. The molecule has 0 aliphatic heterocycles. The molecule has 1 heterocycles. The van der Waals surface area contributed by atoms with Crippen molar-refractivity contribution >= 4 is 17.7 Å². The fraction of sp³-hybridized carbons (Fsp3) is 0.273. The van der Waals surface area contributed by atoms with Crippen LogP contribution in [0.1, 0.15) is 31.4 Å². The molecule has 32 heavy (non-hydrogen) atoms. The van der Waals surface area contributed by atoms with Gasteiger partial charge in [0.1, 0.15) is 0 Å². The quantitative estimate of drug-likeness (QED) is 0.497. The second-order valence-corrected chi connectivity index (χ2v) is 7.10. The number of anilines is 1. The van der Waals surface area contributed by atoms with Crippen LogP contribution in [0.15, 0.2) is 48.5 Å². The Bertz CT molecular complexity index is 1130. The van der Waals surface area contributed by atoms with Crippen LogP contribution in [0.3, 0.4) is 0 Å². The van der Waals surface area contributed by atoms with Gasteiger partial charge in [-0.05, 0) is 66.1 Å². The number of rotatable bonds is 9. The Balaban J connectivity index is 1.44. The number of tetrazole rings is 1. The van der Waals surface area contributed by atoms with E-state index < -0.39 is 6.61 Å². The molecule has 1 fully saturated rings. The average molecular weight is 441 g/mol. The van der Waals surface area contributed by atoms with Gasteiger partial charge in [0.15, 0.2) is 17.3 Å². The van der Waals surface area contributed by atoms with Crippen LogP contribution in [0.2, 0.25) is 0 Å². The Morgan fingerprint density at radius 3 is 2.84 bits per heavy atom. The summed E-state index contributed by atoms with van der Waals surface area (Å²) in [4.78, 5) is 12.4. The molecular formula is C22H21F2N5O3. The molecule has 0 bridgehead atoms. The van der Waals surface area contributed by atoms with Crippen molar-refractivity contribution in [3.63, 3.8) is 0 Å². The summed E-state index contributed by atoms with van der Waals surface area (Å²) in [5.41, 5.74) is 2.00. The molecule has 1 aliphatic rings. The molecule has 4 rings (SSSR count). The van der Waals surface area contributed by atoms with Crippen molar-refractivity contribution in [1.29, 1.82) is 0 Å². The second kappa shape index (κ2) is 9.54. The van der Waals surface area contributed by atoms with Crippen molar-refractivity contribution in [3.8, 4) is 22.9 Å². The highest BCUT2D eigenvalue weighted by Gasteiger charge is 2.28. The van der Waals surface area contributed by atoms with Crippen LogP contribution in [0, 0.1) is 0 Å². The summed E-state index contributed by atoms with van der Waals surface area (Å²) < 4.78 is 36.7. The van der Waals surface area contributed by atoms with Gasteiger partial charge in [-0.3, -0.25) is 4.79 Å². The van der Waals surface area contributed by atoms with E-state index in [4.69, 9.17) is 4.74 Å². The van der Waals surface area contributed by atoms with Crippen LogP contribution in [0.5, 0.6) is 11.5 Å². The summed E-state index contributed by atoms with van der Waals surface area (Å²) >= 11 is 0. The lowest BCUT2D eigenvalue weighted by atomic mass is 10.1. The summed E-state index contributed by atoms with van der Waals surface area (Å²) in [7, 11) is 0. The third-order valence-corrected chi connectivity index (χ3v) is 4.68. The van der Waals surface area contributed by atoms with Crippen molar-refractivity contribution in [2.24, 2.45) is 0 Å². The maximum absolute atomic E-state index is 12.5. The molecule has 1 saturated carbocycles. The number of benzene rings is 2. The van der Waals surface area contributed by atoms with Crippen molar-refractivity contribution < 1.29 is 23.0 Å². The lowest BCUT2D eigenvalue weighted by Gasteiger charge is -2.11. The lowest BCUT2D eigenvalue weighted by molar-refractivity contribution is -0.111. The summed E-state index contributed by atoms with van der Waals surface area (Å²) in [6.07, 6.45) is 5.01. The Labute approximate surface area is 182 Å². The predicted molar refractivity (Wildman–Crippen MR) is 113 cm³/mol. The molecule has 0 spiro atoms. The highest BCUT2D eigenvalue weighted by molar-refractivity contribution is 6.02. The van der Waals surface area contributed by atoms with E-state index in [9.17, 15) is 13.6 Å². The van der Waals surface area contributed by atoms with Crippen LogP contribution in [0.25, 0.3) is 17.5 Å². The molecule has 0 atom stereocenters. The lowest BCUT2D eigenvalue weighted by Crippen LogP contribution is -2.08. The molecule has 1 N–H and O–H groups in total. The van der Waals surface area contributed by atoms with Crippen molar-refractivity contribution in [2.45, 2.75) is 32.4 Å². The zero-order valence-electron chi connectivity index (χ0n) is 17.2. The van der Waals surface area contributed by atoms with Gasteiger partial charge in [0.25, 0.3) is 0 Å². The highest BCUT2D eigenvalue weighted by atomic mass is 19.3. The maximum atomic E-state index is 12.5. The van der Waals surface area contributed by atoms with Crippen molar-refractivity contribution in [1.82, 2.24) is 20.2 Å². The highest BCUT2D eigenvalue weighted by Crippen LogP contribution is 2.36. The van der Waals surface area contributed by atoms with E-state index in [2.05, 4.69) is 25.6 Å². The van der Waals surface area contributed by atoms with E-state index in [1.165, 1.54) is 18.2 Å². The number of alkyl halides is 2. The number of hydrogen-bond acceptors (Lipinski definition) is 6. The Morgan fingerprint density at radius 2 is 2.09 bits per heavy atom. The van der Waals surface area contributed by atoms with Crippen molar-refractivity contribution in [3.05, 3.63) is 54.1 Å². The first-order valence-corrected chi connectivity index (χ1v) is 10.1. The molecule has 2 aromatic carbocycles. The topological polar surface area (TPSA) is 91.2 Å². The molecule has 1 amide bonds. The molecule has 0 saturated heterocycles. The number of aromatic nitrogens is 4. The van der Waals surface area contributed by atoms with Crippen LogP contribution < -0.4 is 14.8 Å². The summed E-state index contributed by atoms with van der Waals surface area (Å²) in [5, 5.41) is 14.7. The van der Waals surface area contributed by atoms with E-state index in [1.807, 2.05) is 12.1 Å². The standard InChI is InChI=1S/C22H21F2N5O3/c1-2-31-19-12-14(6-10-18(19)32-22(23)24)7-11-20(30)25-16-5-3-4-15(13-16)21-26-27-28-29(21)17-8-9-17/h3-7,10-13,17,22H,2,8-9H2,1H3,(H,25,30)/b11-7+. The van der Waals surface area contributed by atoms with Gasteiger partial charge < -0.3 is 14.8 Å². The molecule has 0 radical (unpaired) electrons. The van der Waals surface area contributed by atoms with Crippen LogP contribution in [-0.4, -0.2) is 39.3 Å². The molecule has 1 aromatic heterocycles. The molecule has 1 aliphatic carbocycles. The third kappa shape index (κ3) is 5.26. The molecule has 3 aromatic rings. The molecule has 10 heteroatoms. The first-order chi connectivity index (χ1) is 15.5. The number of halogens is 2. The predicted octanol–water partition coefficient (Wildman–Crippen LogP) is 4.33. The minimum atomic E-state index is -2.95. The van der Waals surface area contributed by atoms with E-state index >= 15 is 0 Å². The number of hydrogen-bond donors (Lipinski definition) is 1. The van der Waals surface area contributed by atoms with E-state index in [-0.39, 0.29) is 24.0 Å². The Kier molecular flexibility index (Phi) is 6.39. The van der Waals surface area contributed by atoms with Gasteiger partial charge in [-0.25, -0.2) is 4.68 Å². The number of carbonyl (C=O) groups is 1. The van der Waals surface area contributed by atoms with Gasteiger partial charge in [0.2, 0.25) is 5.91 Å². The van der Waals surface area contributed by atoms with Gasteiger partial charge in [-0.2, -0.15) is 8.78 Å². The van der Waals surface area contributed by atoms with Gasteiger partial charge in [-0.1, -0.05) is 18.2 Å². The minimum Gasteiger partial charge on any atom is -0.490 e. The van der Waals surface area contributed by atoms with E-state index in [0.29, 0.717) is 23.1 Å². The van der Waals surface area contributed by atoms with Gasteiger partial charge in [0, 0.05) is 17.3 Å². The average Bonchev–Trinajstić information content (AvgIpc) is 3.50. The number of nitrogens with one attached hydrogen (secondary N) is 1. The van der Waals surface area contributed by atoms with Gasteiger partial charge in [0.05, 0.1) is 12.6 Å². The monoisotopic (exact) mass is 441 g/mol. The smallest absolute Gasteiger partial charge is 0.387 e. The van der Waals surface area contributed by atoms with Gasteiger partial charge >= 0.3 is 6.61 Å². The van der Waals surface area contributed by atoms with Crippen LogP contribution >= 0.6 is 0 Å². The minimum absolute atomic E-state index is 0.0613. The van der Waals surface area contributed by atoms with E-state index in [1.54, 1.807) is 35.9 Å².